The fourth-order valence-corrected chi connectivity index (χ4v) is 5.94. The van der Waals surface area contributed by atoms with Gasteiger partial charge in [0, 0.05) is 36.4 Å². The van der Waals surface area contributed by atoms with Crippen LogP contribution < -0.4 is 10.2 Å². The summed E-state index contributed by atoms with van der Waals surface area (Å²) in [4.78, 5) is 27.5. The Labute approximate surface area is 193 Å². The number of ether oxygens (including phenoxy) is 1. The number of hydrogen-bond acceptors (Lipinski definition) is 5. The van der Waals surface area contributed by atoms with E-state index in [1.807, 2.05) is 26.0 Å². The quantitative estimate of drug-likeness (QED) is 0.608. The van der Waals surface area contributed by atoms with Crippen molar-refractivity contribution < 1.29 is 28.9 Å². The van der Waals surface area contributed by atoms with Crippen molar-refractivity contribution in [2.75, 3.05) is 29.9 Å². The summed E-state index contributed by atoms with van der Waals surface area (Å²) in [5.74, 6) is 0.0483. The average molecular weight is 464 g/mol. The van der Waals surface area contributed by atoms with Gasteiger partial charge < -0.3 is 19.8 Å². The van der Waals surface area contributed by atoms with Gasteiger partial charge in [0.15, 0.2) is 0 Å². The topological polar surface area (TPSA) is 102 Å². The lowest BCUT2D eigenvalue weighted by Gasteiger charge is -2.53. The minimum atomic E-state index is -1.58. The Bertz CT molecular complexity index is 866. The van der Waals surface area contributed by atoms with E-state index in [0.717, 1.165) is 25.1 Å². The first-order valence-electron chi connectivity index (χ1n) is 11.9. The normalized spacial score (nSPS) is 31.5. The highest BCUT2D eigenvalue weighted by Crippen LogP contribution is 2.52. The van der Waals surface area contributed by atoms with E-state index in [1.54, 1.807) is 12.1 Å². The van der Waals surface area contributed by atoms with Crippen molar-refractivity contribution in [2.24, 2.45) is 11.8 Å². The van der Waals surface area contributed by atoms with Crippen molar-refractivity contribution in [3.63, 3.8) is 0 Å². The maximum atomic E-state index is 15.5. The summed E-state index contributed by atoms with van der Waals surface area (Å²) in [6, 6.07) is 7.07. The van der Waals surface area contributed by atoms with Crippen molar-refractivity contribution in [3.05, 3.63) is 24.3 Å². The summed E-state index contributed by atoms with van der Waals surface area (Å²) < 4.78 is 20.7. The zero-order valence-corrected chi connectivity index (χ0v) is 19.2. The number of nitrogens with one attached hydrogen (secondary N) is 1. The molecule has 4 rings (SSSR count). The molecule has 0 saturated carbocycles. The van der Waals surface area contributed by atoms with E-state index in [9.17, 15) is 19.8 Å². The number of amides is 2. The second kappa shape index (κ2) is 9.37. The summed E-state index contributed by atoms with van der Waals surface area (Å²) in [7, 11) is 0. The summed E-state index contributed by atoms with van der Waals surface area (Å²) >= 11 is 0. The molecule has 3 fully saturated rings. The van der Waals surface area contributed by atoms with Gasteiger partial charge in [-0.15, -0.1) is 0 Å². The molecule has 33 heavy (non-hydrogen) atoms. The van der Waals surface area contributed by atoms with Gasteiger partial charge in [0.1, 0.15) is 6.17 Å². The van der Waals surface area contributed by atoms with Crippen LogP contribution in [0, 0.1) is 11.8 Å². The largest absolute Gasteiger partial charge is 0.465 e. The zero-order valence-electron chi connectivity index (χ0n) is 19.2. The van der Waals surface area contributed by atoms with Crippen molar-refractivity contribution >= 4 is 23.6 Å². The van der Waals surface area contributed by atoms with Crippen molar-refractivity contribution in [1.82, 2.24) is 4.90 Å². The van der Waals surface area contributed by atoms with Crippen LogP contribution >= 0.6 is 0 Å². The van der Waals surface area contributed by atoms with Crippen LogP contribution in [0.5, 0.6) is 0 Å². The van der Waals surface area contributed by atoms with Crippen LogP contribution in [0.4, 0.5) is 25.4 Å². The predicted molar refractivity (Wildman–Crippen MR) is 122 cm³/mol. The lowest BCUT2D eigenvalue weighted by Crippen LogP contribution is -2.68. The van der Waals surface area contributed by atoms with Crippen LogP contribution in [0.15, 0.2) is 24.3 Å². The number of carboxylic acid groups (broad SMARTS) is 1. The number of halogens is 1. The van der Waals surface area contributed by atoms with Crippen LogP contribution in [0.2, 0.25) is 0 Å². The average Bonchev–Trinajstić information content (AvgIpc) is 3.12. The second-order valence-corrected chi connectivity index (χ2v) is 9.99. The summed E-state index contributed by atoms with van der Waals surface area (Å²) in [6.45, 7) is 5.58. The van der Waals surface area contributed by atoms with Gasteiger partial charge in [0.25, 0.3) is 0 Å². The van der Waals surface area contributed by atoms with E-state index in [4.69, 9.17) is 4.74 Å². The number of aliphatic hydroxyl groups is 1. The summed E-state index contributed by atoms with van der Waals surface area (Å²) in [6.07, 6.45) is -1.55. The Morgan fingerprint density at radius 1 is 1.27 bits per heavy atom. The maximum absolute atomic E-state index is 15.5. The number of fused-ring (bicyclic) bond motifs is 2. The first-order chi connectivity index (χ1) is 15.7. The first kappa shape index (κ1) is 23.6. The van der Waals surface area contributed by atoms with E-state index in [2.05, 4.69) is 10.2 Å². The highest BCUT2D eigenvalue weighted by molar-refractivity contribution is 5.84. The van der Waals surface area contributed by atoms with Gasteiger partial charge in [-0.3, -0.25) is 10.2 Å². The molecular formula is C24H34FN3O5. The Hall–Kier alpha value is -2.55. The number of piperidine rings is 2. The minimum absolute atomic E-state index is 0.166. The van der Waals surface area contributed by atoms with Crippen molar-refractivity contribution in [2.45, 2.75) is 69.8 Å². The van der Waals surface area contributed by atoms with Gasteiger partial charge in [0.2, 0.25) is 0 Å². The molecule has 0 aromatic heterocycles. The predicted octanol–water partition coefficient (Wildman–Crippen LogP) is 4.09. The summed E-state index contributed by atoms with van der Waals surface area (Å²) in [5, 5.41) is 23.0. The van der Waals surface area contributed by atoms with Gasteiger partial charge in [-0.2, -0.15) is 0 Å². The molecule has 0 aliphatic carbocycles. The van der Waals surface area contributed by atoms with E-state index < -0.39 is 30.0 Å². The third-order valence-corrected chi connectivity index (χ3v) is 7.38. The van der Waals surface area contributed by atoms with Crippen LogP contribution in [0.25, 0.3) is 0 Å². The van der Waals surface area contributed by atoms with Gasteiger partial charge >= 0.3 is 12.2 Å². The number of benzene rings is 1. The molecule has 9 heteroatoms. The highest BCUT2D eigenvalue weighted by atomic mass is 19.1. The van der Waals surface area contributed by atoms with Crippen LogP contribution in [0.1, 0.15) is 46.0 Å². The number of rotatable bonds is 5. The number of aliphatic hydroxyl groups excluding tert-OH is 1. The molecule has 3 aliphatic heterocycles. The molecule has 3 aliphatic rings. The highest BCUT2D eigenvalue weighted by Gasteiger charge is 2.63. The fraction of sp³-hybridized carbons (Fsp3) is 0.667. The van der Waals surface area contributed by atoms with E-state index in [0.29, 0.717) is 31.7 Å². The third kappa shape index (κ3) is 4.47. The number of nitrogens with zero attached hydrogens (tertiary/aromatic N) is 2. The van der Waals surface area contributed by atoms with E-state index in [-0.39, 0.29) is 24.3 Å². The SMILES string of the molecule is CC(C)COC(=O)Nc1ccc(N2CCCC(C34CCC(CC(O)C3F)N4C(=O)O)C2)cc1. The van der Waals surface area contributed by atoms with E-state index in [1.165, 1.54) is 4.90 Å². The molecular weight excluding hydrogens is 429 g/mol. The molecule has 2 amide bonds. The Balaban J connectivity index is 1.47. The van der Waals surface area contributed by atoms with Gasteiger partial charge in [-0.05, 0) is 62.3 Å². The molecule has 3 saturated heterocycles. The molecule has 0 spiro atoms. The number of hydrogen-bond donors (Lipinski definition) is 3. The number of alkyl halides is 1. The van der Waals surface area contributed by atoms with Crippen LogP contribution in [-0.4, -0.2) is 70.9 Å². The number of carbonyl (C=O) groups excluding carboxylic acids is 1. The Morgan fingerprint density at radius 3 is 2.67 bits per heavy atom. The number of carbonyl (C=O) groups is 2. The van der Waals surface area contributed by atoms with Crippen molar-refractivity contribution in [3.8, 4) is 0 Å². The Kier molecular flexibility index (Phi) is 6.70. The van der Waals surface area contributed by atoms with Gasteiger partial charge in [-0.1, -0.05) is 13.8 Å². The van der Waals surface area contributed by atoms with Crippen LogP contribution in [-0.2, 0) is 4.74 Å². The Morgan fingerprint density at radius 2 is 2.00 bits per heavy atom. The standard InChI is InChI=1S/C24H34FN3O5/c1-15(2)14-33-22(30)26-17-5-7-18(8-6-17)27-11-3-4-16(13-27)24-10-9-19(28(24)23(31)32)12-20(29)21(24)25/h5-8,15-16,19-21,29H,3-4,9-14H2,1-2H3,(H,26,30)(H,31,32). The van der Waals surface area contributed by atoms with Gasteiger partial charge in [0.05, 0.1) is 18.2 Å². The fourth-order valence-electron chi connectivity index (χ4n) is 5.94. The molecule has 5 atom stereocenters. The molecule has 3 heterocycles. The lowest BCUT2D eigenvalue weighted by molar-refractivity contribution is -0.102. The zero-order chi connectivity index (χ0) is 23.8. The monoisotopic (exact) mass is 463 g/mol. The molecule has 2 bridgehead atoms. The molecule has 8 nitrogen and oxygen atoms in total. The van der Waals surface area contributed by atoms with Gasteiger partial charge in [-0.25, -0.2) is 14.0 Å². The molecule has 5 unspecified atom stereocenters. The molecule has 0 radical (unpaired) electrons. The first-order valence-corrected chi connectivity index (χ1v) is 11.9. The second-order valence-electron chi connectivity index (χ2n) is 9.99. The molecule has 1 aromatic carbocycles. The third-order valence-electron chi connectivity index (χ3n) is 7.38. The molecule has 1 aromatic rings. The summed E-state index contributed by atoms with van der Waals surface area (Å²) in [5.41, 5.74) is 0.379. The maximum Gasteiger partial charge on any atom is 0.411 e. The molecule has 3 N–H and O–H groups in total. The van der Waals surface area contributed by atoms with Crippen LogP contribution in [0.3, 0.4) is 0 Å². The van der Waals surface area contributed by atoms with Crippen molar-refractivity contribution in [1.29, 1.82) is 0 Å². The molecule has 182 valence electrons. The smallest absolute Gasteiger partial charge is 0.411 e. The number of anilines is 2. The minimum Gasteiger partial charge on any atom is -0.465 e. The lowest BCUT2D eigenvalue weighted by atomic mass is 9.71. The van der Waals surface area contributed by atoms with E-state index >= 15 is 4.39 Å².